The maximum absolute atomic E-state index is 5.02. The van der Waals surface area contributed by atoms with Crippen LogP contribution in [0.3, 0.4) is 0 Å². The molecular formula is C20H23N3. The molecule has 1 atom stereocenters. The van der Waals surface area contributed by atoms with E-state index < -0.39 is 0 Å². The Morgan fingerprint density at radius 1 is 1.17 bits per heavy atom. The second-order valence-corrected chi connectivity index (χ2v) is 6.58. The molecule has 0 aliphatic carbocycles. The number of nitrogens with one attached hydrogen (secondary N) is 1. The Balaban J connectivity index is 1.81. The van der Waals surface area contributed by atoms with Gasteiger partial charge in [-0.3, -0.25) is 0 Å². The maximum atomic E-state index is 5.02. The van der Waals surface area contributed by atoms with Crippen LogP contribution in [0.2, 0.25) is 0 Å². The molecule has 2 aromatic carbocycles. The number of imidazole rings is 1. The summed E-state index contributed by atoms with van der Waals surface area (Å²) >= 11 is 0. The Hall–Kier alpha value is -2.13. The Kier molecular flexibility index (Phi) is 3.88. The van der Waals surface area contributed by atoms with Crippen molar-refractivity contribution in [1.29, 1.82) is 0 Å². The van der Waals surface area contributed by atoms with Gasteiger partial charge in [-0.25, -0.2) is 4.98 Å². The van der Waals surface area contributed by atoms with Gasteiger partial charge in [0.1, 0.15) is 5.82 Å². The summed E-state index contributed by atoms with van der Waals surface area (Å²) in [6.07, 6.45) is 2.46. The van der Waals surface area contributed by atoms with Gasteiger partial charge in [0.05, 0.1) is 11.0 Å². The molecule has 3 aromatic rings. The number of rotatable bonds is 3. The van der Waals surface area contributed by atoms with Crippen molar-refractivity contribution >= 4 is 11.0 Å². The molecule has 1 N–H and O–H groups in total. The zero-order valence-electron chi connectivity index (χ0n) is 13.6. The van der Waals surface area contributed by atoms with E-state index in [-0.39, 0.29) is 0 Å². The minimum absolute atomic E-state index is 0.514. The van der Waals surface area contributed by atoms with E-state index in [4.69, 9.17) is 4.98 Å². The van der Waals surface area contributed by atoms with Crippen molar-refractivity contribution in [2.45, 2.75) is 32.2 Å². The molecule has 0 bridgehead atoms. The lowest BCUT2D eigenvalue weighted by Crippen LogP contribution is -2.30. The minimum Gasteiger partial charge on any atom is -0.323 e. The second-order valence-electron chi connectivity index (χ2n) is 6.58. The first-order valence-electron chi connectivity index (χ1n) is 8.53. The standard InChI is InChI=1S/C20H23N3/c1-15-9-10-19-18(12-15)22-20(17-8-5-11-21-13-17)23(19)14-16-6-3-2-4-7-16/h2-4,6-7,9-10,12,17,21H,5,8,11,13-14H2,1H3. The lowest BCUT2D eigenvalue weighted by molar-refractivity contribution is 0.437. The molecule has 1 aliphatic rings. The van der Waals surface area contributed by atoms with E-state index in [1.54, 1.807) is 0 Å². The second kappa shape index (κ2) is 6.17. The molecule has 1 unspecified atom stereocenters. The zero-order valence-corrected chi connectivity index (χ0v) is 13.6. The molecule has 23 heavy (non-hydrogen) atoms. The average Bonchev–Trinajstić information content (AvgIpc) is 2.94. The monoisotopic (exact) mass is 305 g/mol. The van der Waals surface area contributed by atoms with Crippen LogP contribution in [0.4, 0.5) is 0 Å². The summed E-state index contributed by atoms with van der Waals surface area (Å²) in [4.78, 5) is 5.02. The molecule has 0 amide bonds. The van der Waals surface area contributed by atoms with Crippen LogP contribution in [0.1, 0.15) is 35.7 Å². The van der Waals surface area contributed by atoms with E-state index in [1.807, 2.05) is 0 Å². The van der Waals surface area contributed by atoms with Gasteiger partial charge < -0.3 is 9.88 Å². The largest absolute Gasteiger partial charge is 0.323 e. The van der Waals surface area contributed by atoms with Gasteiger partial charge in [0.15, 0.2) is 0 Å². The molecule has 1 aromatic heterocycles. The summed E-state index contributed by atoms with van der Waals surface area (Å²) in [5, 5.41) is 3.53. The van der Waals surface area contributed by atoms with Gasteiger partial charge in [-0.05, 0) is 49.6 Å². The number of aryl methyl sites for hydroxylation is 1. The molecule has 2 heterocycles. The number of hydrogen-bond donors (Lipinski definition) is 1. The first-order valence-corrected chi connectivity index (χ1v) is 8.53. The molecule has 1 aliphatic heterocycles. The van der Waals surface area contributed by atoms with E-state index >= 15 is 0 Å². The van der Waals surface area contributed by atoms with Gasteiger partial charge in [-0.1, -0.05) is 36.4 Å². The van der Waals surface area contributed by atoms with Gasteiger partial charge in [-0.2, -0.15) is 0 Å². The number of aromatic nitrogens is 2. The summed E-state index contributed by atoms with van der Waals surface area (Å²) < 4.78 is 2.42. The van der Waals surface area contributed by atoms with E-state index in [9.17, 15) is 0 Å². The molecule has 0 saturated carbocycles. The lowest BCUT2D eigenvalue weighted by atomic mass is 9.99. The number of hydrogen-bond acceptors (Lipinski definition) is 2. The number of fused-ring (bicyclic) bond motifs is 1. The third-order valence-electron chi connectivity index (χ3n) is 4.78. The van der Waals surface area contributed by atoms with Crippen LogP contribution >= 0.6 is 0 Å². The van der Waals surface area contributed by atoms with Crippen molar-refractivity contribution in [3.63, 3.8) is 0 Å². The van der Waals surface area contributed by atoms with E-state index in [0.717, 1.165) is 25.2 Å². The maximum Gasteiger partial charge on any atom is 0.114 e. The highest BCUT2D eigenvalue weighted by Gasteiger charge is 2.22. The fourth-order valence-electron chi connectivity index (χ4n) is 3.57. The molecule has 0 radical (unpaired) electrons. The summed E-state index contributed by atoms with van der Waals surface area (Å²) in [6, 6.07) is 17.3. The summed E-state index contributed by atoms with van der Waals surface area (Å²) in [7, 11) is 0. The number of nitrogens with zero attached hydrogens (tertiary/aromatic N) is 2. The van der Waals surface area contributed by atoms with Crippen molar-refractivity contribution in [2.75, 3.05) is 13.1 Å². The third kappa shape index (κ3) is 2.89. The summed E-state index contributed by atoms with van der Waals surface area (Å²) in [5.74, 6) is 1.75. The summed E-state index contributed by atoms with van der Waals surface area (Å²) in [5.41, 5.74) is 4.98. The molecule has 3 nitrogen and oxygen atoms in total. The first kappa shape index (κ1) is 14.5. The predicted octanol–water partition coefficient (Wildman–Crippen LogP) is 3.86. The Bertz CT molecular complexity index is 798. The normalized spacial score (nSPS) is 18.4. The molecule has 0 spiro atoms. The SMILES string of the molecule is Cc1ccc2c(c1)nc(C1CCCNC1)n2Cc1ccccc1. The average molecular weight is 305 g/mol. The number of piperidine rings is 1. The van der Waals surface area contributed by atoms with Crippen molar-refractivity contribution in [3.05, 3.63) is 65.5 Å². The molecule has 1 saturated heterocycles. The predicted molar refractivity (Wildman–Crippen MR) is 94.9 cm³/mol. The highest BCUT2D eigenvalue weighted by molar-refractivity contribution is 5.77. The lowest BCUT2D eigenvalue weighted by Gasteiger charge is -2.23. The fourth-order valence-corrected chi connectivity index (χ4v) is 3.57. The van der Waals surface area contributed by atoms with Gasteiger partial charge in [0, 0.05) is 19.0 Å². The molecule has 1 fully saturated rings. The Morgan fingerprint density at radius 2 is 2.04 bits per heavy atom. The summed E-state index contributed by atoms with van der Waals surface area (Å²) in [6.45, 7) is 5.20. The van der Waals surface area contributed by atoms with E-state index in [1.165, 1.54) is 35.3 Å². The molecule has 4 rings (SSSR count). The highest BCUT2D eigenvalue weighted by atomic mass is 15.1. The minimum atomic E-state index is 0.514. The van der Waals surface area contributed by atoms with E-state index in [2.05, 4.69) is 65.3 Å². The van der Waals surface area contributed by atoms with Gasteiger partial charge >= 0.3 is 0 Å². The fraction of sp³-hybridized carbons (Fsp3) is 0.350. The van der Waals surface area contributed by atoms with E-state index in [0.29, 0.717) is 5.92 Å². The van der Waals surface area contributed by atoms with Crippen LogP contribution in [0.5, 0.6) is 0 Å². The van der Waals surface area contributed by atoms with Crippen molar-refractivity contribution in [3.8, 4) is 0 Å². The van der Waals surface area contributed by atoms with Crippen LogP contribution in [0.25, 0.3) is 11.0 Å². The van der Waals surface area contributed by atoms with Crippen LogP contribution in [-0.4, -0.2) is 22.6 Å². The smallest absolute Gasteiger partial charge is 0.114 e. The van der Waals surface area contributed by atoms with Crippen molar-refractivity contribution in [1.82, 2.24) is 14.9 Å². The van der Waals surface area contributed by atoms with Crippen LogP contribution in [-0.2, 0) is 6.54 Å². The van der Waals surface area contributed by atoms with Crippen LogP contribution in [0.15, 0.2) is 48.5 Å². The van der Waals surface area contributed by atoms with Crippen molar-refractivity contribution in [2.24, 2.45) is 0 Å². The van der Waals surface area contributed by atoms with Gasteiger partial charge in [0.2, 0.25) is 0 Å². The third-order valence-corrected chi connectivity index (χ3v) is 4.78. The molecule has 118 valence electrons. The Morgan fingerprint density at radius 3 is 2.83 bits per heavy atom. The van der Waals surface area contributed by atoms with Crippen LogP contribution in [0, 0.1) is 6.92 Å². The number of benzene rings is 2. The van der Waals surface area contributed by atoms with Gasteiger partial charge in [0.25, 0.3) is 0 Å². The van der Waals surface area contributed by atoms with Crippen molar-refractivity contribution < 1.29 is 0 Å². The Labute approximate surface area is 137 Å². The van der Waals surface area contributed by atoms with Crippen LogP contribution < -0.4 is 5.32 Å². The molecule has 3 heteroatoms. The first-order chi connectivity index (χ1) is 11.3. The zero-order chi connectivity index (χ0) is 15.6. The van der Waals surface area contributed by atoms with Gasteiger partial charge in [-0.15, -0.1) is 0 Å². The topological polar surface area (TPSA) is 29.9 Å². The molecular weight excluding hydrogens is 282 g/mol. The quantitative estimate of drug-likeness (QED) is 0.796. The highest BCUT2D eigenvalue weighted by Crippen LogP contribution is 2.28.